The first-order valence-corrected chi connectivity index (χ1v) is 13.4. The minimum Gasteiger partial charge on any atom is -0.393 e. The van der Waals surface area contributed by atoms with Gasteiger partial charge in [-0.3, -0.25) is 0 Å². The number of hydrogen-bond acceptors (Lipinski definition) is 1. The monoisotopic (exact) mass is 424 g/mol. The lowest BCUT2D eigenvalue weighted by Crippen LogP contribution is -2.59. The summed E-state index contributed by atoms with van der Waals surface area (Å²) in [6.45, 7) is 20.1. The largest absolute Gasteiger partial charge is 0.393 e. The van der Waals surface area contributed by atoms with Crippen molar-refractivity contribution >= 4 is 0 Å². The van der Waals surface area contributed by atoms with Gasteiger partial charge in [-0.15, -0.1) is 0 Å². The van der Waals surface area contributed by atoms with Gasteiger partial charge in [-0.2, -0.15) is 0 Å². The highest BCUT2D eigenvalue weighted by molar-refractivity contribution is 5.49. The summed E-state index contributed by atoms with van der Waals surface area (Å²) in [5.74, 6) is 3.10. The molecule has 1 heteroatoms. The zero-order valence-electron chi connectivity index (χ0n) is 21.6. The van der Waals surface area contributed by atoms with Crippen LogP contribution < -0.4 is 0 Å². The second-order valence-electron chi connectivity index (χ2n) is 14.3. The SMILES string of the molecule is CC(C)C1CCC2C1(C)CCC1(C)C3=CCC4C(C)(CCC(O)C4(C)C)C3=CCC21C. The molecule has 5 aliphatic rings. The fraction of sp³-hybridized carbons (Fsp3) is 0.867. The lowest BCUT2D eigenvalue weighted by molar-refractivity contribution is -0.110. The second-order valence-corrected chi connectivity index (χ2v) is 14.3. The van der Waals surface area contributed by atoms with Crippen molar-refractivity contribution in [3.05, 3.63) is 23.3 Å². The highest BCUT2D eigenvalue weighted by Crippen LogP contribution is 2.75. The molecule has 0 spiro atoms. The van der Waals surface area contributed by atoms with Gasteiger partial charge in [-0.05, 0) is 113 Å². The van der Waals surface area contributed by atoms with Crippen LogP contribution in [0.2, 0.25) is 0 Å². The average molecular weight is 425 g/mol. The zero-order valence-corrected chi connectivity index (χ0v) is 21.6. The highest BCUT2D eigenvalue weighted by atomic mass is 16.3. The number of hydrogen-bond donors (Lipinski definition) is 1. The second kappa shape index (κ2) is 6.52. The Labute approximate surface area is 192 Å². The van der Waals surface area contributed by atoms with Crippen molar-refractivity contribution in [2.45, 2.75) is 113 Å². The van der Waals surface area contributed by atoms with Crippen LogP contribution in [0.1, 0.15) is 107 Å². The first kappa shape index (κ1) is 22.2. The molecule has 1 N–H and O–H groups in total. The van der Waals surface area contributed by atoms with E-state index in [0.29, 0.717) is 22.2 Å². The molecule has 0 aliphatic heterocycles. The molecule has 0 radical (unpaired) electrons. The Bertz CT molecular complexity index is 831. The molecule has 0 saturated heterocycles. The smallest absolute Gasteiger partial charge is 0.0594 e. The lowest BCUT2D eigenvalue weighted by atomic mass is 9.38. The Morgan fingerprint density at radius 3 is 2.23 bits per heavy atom. The van der Waals surface area contributed by atoms with Gasteiger partial charge in [0.15, 0.2) is 0 Å². The summed E-state index contributed by atoms with van der Waals surface area (Å²) in [4.78, 5) is 0. The third kappa shape index (κ3) is 2.54. The normalized spacial score (nSPS) is 53.1. The zero-order chi connectivity index (χ0) is 22.6. The van der Waals surface area contributed by atoms with E-state index in [9.17, 15) is 5.11 Å². The number of rotatable bonds is 1. The molecule has 1 nitrogen and oxygen atoms in total. The molecule has 0 bridgehead atoms. The maximum absolute atomic E-state index is 10.8. The summed E-state index contributed by atoms with van der Waals surface area (Å²) in [6.07, 6.45) is 15.3. The molecular formula is C30H48O. The Morgan fingerprint density at radius 1 is 0.839 bits per heavy atom. The topological polar surface area (TPSA) is 20.2 Å². The van der Waals surface area contributed by atoms with Gasteiger partial charge in [-0.25, -0.2) is 0 Å². The fourth-order valence-electron chi connectivity index (χ4n) is 10.5. The van der Waals surface area contributed by atoms with Gasteiger partial charge in [0.05, 0.1) is 6.10 Å². The van der Waals surface area contributed by atoms with E-state index in [2.05, 4.69) is 67.5 Å². The number of aliphatic hydroxyl groups excluding tert-OH is 1. The van der Waals surface area contributed by atoms with Crippen molar-refractivity contribution < 1.29 is 5.11 Å². The van der Waals surface area contributed by atoms with Gasteiger partial charge in [0.1, 0.15) is 0 Å². The molecule has 5 aliphatic carbocycles. The van der Waals surface area contributed by atoms with Crippen LogP contribution >= 0.6 is 0 Å². The first-order valence-electron chi connectivity index (χ1n) is 13.4. The molecule has 174 valence electrons. The summed E-state index contributed by atoms with van der Waals surface area (Å²) in [5.41, 5.74) is 4.85. The summed E-state index contributed by atoms with van der Waals surface area (Å²) in [6, 6.07) is 0. The van der Waals surface area contributed by atoms with E-state index in [1.54, 1.807) is 11.1 Å². The predicted octanol–water partition coefficient (Wildman–Crippen LogP) is 7.94. The van der Waals surface area contributed by atoms with Crippen molar-refractivity contribution in [3.8, 4) is 0 Å². The van der Waals surface area contributed by atoms with E-state index < -0.39 is 0 Å². The first-order chi connectivity index (χ1) is 14.3. The molecule has 0 heterocycles. The highest BCUT2D eigenvalue weighted by Gasteiger charge is 2.66. The molecule has 3 fully saturated rings. The van der Waals surface area contributed by atoms with Gasteiger partial charge in [0.25, 0.3) is 0 Å². The summed E-state index contributed by atoms with van der Waals surface area (Å²) in [5, 5.41) is 10.8. The third-order valence-corrected chi connectivity index (χ3v) is 12.7. The Kier molecular flexibility index (Phi) is 4.68. The van der Waals surface area contributed by atoms with Crippen molar-refractivity contribution in [1.82, 2.24) is 0 Å². The van der Waals surface area contributed by atoms with Crippen LogP contribution in [0.25, 0.3) is 0 Å². The van der Waals surface area contributed by atoms with Gasteiger partial charge >= 0.3 is 0 Å². The molecule has 31 heavy (non-hydrogen) atoms. The van der Waals surface area contributed by atoms with Gasteiger partial charge in [-0.1, -0.05) is 67.5 Å². The Balaban J connectivity index is 1.58. The van der Waals surface area contributed by atoms with E-state index in [1.807, 2.05) is 0 Å². The van der Waals surface area contributed by atoms with E-state index in [1.165, 1.54) is 32.1 Å². The molecule has 0 aromatic carbocycles. The molecule has 8 atom stereocenters. The maximum Gasteiger partial charge on any atom is 0.0594 e. The quantitative estimate of drug-likeness (QED) is 0.453. The van der Waals surface area contributed by atoms with Crippen LogP contribution in [-0.2, 0) is 0 Å². The number of aliphatic hydroxyl groups is 1. The Morgan fingerprint density at radius 2 is 1.55 bits per heavy atom. The van der Waals surface area contributed by atoms with Gasteiger partial charge < -0.3 is 5.11 Å². The molecule has 0 aromatic rings. The van der Waals surface area contributed by atoms with Crippen LogP contribution in [0.5, 0.6) is 0 Å². The van der Waals surface area contributed by atoms with Crippen molar-refractivity contribution in [2.75, 3.05) is 0 Å². The molecule has 0 amide bonds. The van der Waals surface area contributed by atoms with E-state index >= 15 is 0 Å². The summed E-state index contributed by atoms with van der Waals surface area (Å²) >= 11 is 0. The number of fused-ring (bicyclic) bond motifs is 7. The van der Waals surface area contributed by atoms with Crippen molar-refractivity contribution in [3.63, 3.8) is 0 Å². The average Bonchev–Trinajstić information content (AvgIpc) is 3.05. The summed E-state index contributed by atoms with van der Waals surface area (Å²) < 4.78 is 0. The predicted molar refractivity (Wildman–Crippen MR) is 131 cm³/mol. The van der Waals surface area contributed by atoms with Crippen molar-refractivity contribution in [2.24, 2.45) is 50.7 Å². The summed E-state index contributed by atoms with van der Waals surface area (Å²) in [7, 11) is 0. The third-order valence-electron chi connectivity index (χ3n) is 12.7. The van der Waals surface area contributed by atoms with Gasteiger partial charge in [0.2, 0.25) is 0 Å². The molecule has 8 unspecified atom stereocenters. The van der Waals surface area contributed by atoms with E-state index in [4.69, 9.17) is 0 Å². The molecule has 0 aromatic heterocycles. The van der Waals surface area contributed by atoms with Gasteiger partial charge in [0, 0.05) is 0 Å². The van der Waals surface area contributed by atoms with Crippen LogP contribution in [0.3, 0.4) is 0 Å². The minimum absolute atomic E-state index is 0.00139. The van der Waals surface area contributed by atoms with Crippen LogP contribution in [0.4, 0.5) is 0 Å². The Hall–Kier alpha value is -0.560. The molecular weight excluding hydrogens is 376 g/mol. The van der Waals surface area contributed by atoms with E-state index in [0.717, 1.165) is 37.0 Å². The van der Waals surface area contributed by atoms with Crippen LogP contribution in [0, 0.1) is 50.7 Å². The molecule has 5 rings (SSSR count). The lowest BCUT2D eigenvalue weighted by Gasteiger charge is -2.66. The minimum atomic E-state index is -0.160. The van der Waals surface area contributed by atoms with Crippen LogP contribution in [-0.4, -0.2) is 11.2 Å². The van der Waals surface area contributed by atoms with Crippen molar-refractivity contribution in [1.29, 1.82) is 0 Å². The molecule has 3 saturated carbocycles. The van der Waals surface area contributed by atoms with E-state index in [-0.39, 0.29) is 16.9 Å². The maximum atomic E-state index is 10.8. The van der Waals surface area contributed by atoms with Crippen LogP contribution in [0.15, 0.2) is 23.3 Å². The number of allylic oxidation sites excluding steroid dienone is 4. The fourth-order valence-corrected chi connectivity index (χ4v) is 10.5. The standard InChI is InChI=1S/C30H48O/c1-19(2)20-9-12-24-28(20,6)17-18-29(7)22-10-11-23-26(3,4)25(31)14-15-27(23,5)21(22)13-16-30(24,29)8/h10,13,19-20,23-25,31H,9,11-12,14-18H2,1-8H3.